The highest BCUT2D eigenvalue weighted by Crippen LogP contribution is 2.30. The summed E-state index contributed by atoms with van der Waals surface area (Å²) in [5.74, 6) is -0.0488. The lowest BCUT2D eigenvalue weighted by Crippen LogP contribution is -2.34. The third-order valence-corrected chi connectivity index (χ3v) is 2.68. The van der Waals surface area contributed by atoms with E-state index in [1.54, 1.807) is 0 Å². The van der Waals surface area contributed by atoms with Gasteiger partial charge in [0.05, 0.1) is 5.56 Å². The fourth-order valence-electron chi connectivity index (χ4n) is 1.43. The monoisotopic (exact) mass is 232 g/mol. The van der Waals surface area contributed by atoms with Crippen molar-refractivity contribution in [2.24, 2.45) is 11.5 Å². The van der Waals surface area contributed by atoms with Gasteiger partial charge in [-0.1, -0.05) is 19.1 Å². The van der Waals surface area contributed by atoms with Crippen LogP contribution in [0.15, 0.2) is 24.3 Å². The minimum atomic E-state index is -4.29. The van der Waals surface area contributed by atoms with E-state index in [2.05, 4.69) is 0 Å². The van der Waals surface area contributed by atoms with Gasteiger partial charge in [-0.2, -0.15) is 13.2 Å². The molecule has 2 atom stereocenters. The van der Waals surface area contributed by atoms with Crippen LogP contribution in [0.2, 0.25) is 0 Å². The van der Waals surface area contributed by atoms with Gasteiger partial charge in [0.25, 0.3) is 0 Å². The van der Waals surface area contributed by atoms with E-state index in [0.29, 0.717) is 6.54 Å². The smallest absolute Gasteiger partial charge is 0.329 e. The molecule has 0 aromatic heterocycles. The Labute approximate surface area is 92.4 Å². The molecule has 0 aliphatic rings. The van der Waals surface area contributed by atoms with Crippen molar-refractivity contribution in [3.8, 4) is 0 Å². The molecule has 1 aromatic rings. The van der Waals surface area contributed by atoms with Gasteiger partial charge in [-0.3, -0.25) is 0 Å². The van der Waals surface area contributed by atoms with Gasteiger partial charge in [0.1, 0.15) is 0 Å². The number of rotatable bonds is 3. The van der Waals surface area contributed by atoms with Crippen molar-refractivity contribution in [2.75, 3.05) is 6.54 Å². The molecule has 5 heteroatoms. The molecule has 0 spiro atoms. The number of halogens is 3. The molecular weight excluding hydrogens is 217 g/mol. The van der Waals surface area contributed by atoms with Crippen LogP contribution in [-0.4, -0.2) is 12.6 Å². The summed E-state index contributed by atoms with van der Waals surface area (Å²) in [6.07, 6.45) is -4.29. The van der Waals surface area contributed by atoms with Gasteiger partial charge in [-0.15, -0.1) is 0 Å². The maximum atomic E-state index is 12.3. The highest BCUT2D eigenvalue weighted by atomic mass is 19.4. The summed E-state index contributed by atoms with van der Waals surface area (Å²) in [7, 11) is 0. The Morgan fingerprint density at radius 3 is 2.06 bits per heavy atom. The number of hydrogen-bond donors (Lipinski definition) is 2. The molecule has 0 aliphatic carbocycles. The second-order valence-corrected chi connectivity index (χ2v) is 3.81. The van der Waals surface area contributed by atoms with Gasteiger partial charge in [0.2, 0.25) is 0 Å². The van der Waals surface area contributed by atoms with Crippen LogP contribution in [0.3, 0.4) is 0 Å². The van der Waals surface area contributed by atoms with E-state index < -0.39 is 11.7 Å². The number of benzene rings is 1. The molecule has 1 rings (SSSR count). The zero-order valence-corrected chi connectivity index (χ0v) is 8.96. The van der Waals surface area contributed by atoms with Gasteiger partial charge in [0.15, 0.2) is 0 Å². The van der Waals surface area contributed by atoms with Crippen LogP contribution in [0.25, 0.3) is 0 Å². The lowest BCUT2D eigenvalue weighted by atomic mass is 9.93. The Kier molecular flexibility index (Phi) is 3.93. The van der Waals surface area contributed by atoms with E-state index in [4.69, 9.17) is 11.5 Å². The molecule has 2 nitrogen and oxygen atoms in total. The van der Waals surface area contributed by atoms with Gasteiger partial charge in [0, 0.05) is 12.6 Å². The Bertz CT molecular complexity index is 332. The van der Waals surface area contributed by atoms with Crippen molar-refractivity contribution < 1.29 is 13.2 Å². The second kappa shape index (κ2) is 4.84. The summed E-state index contributed by atoms with van der Waals surface area (Å²) in [6, 6.07) is 4.78. The summed E-state index contributed by atoms with van der Waals surface area (Å²) < 4.78 is 36.9. The predicted octanol–water partition coefficient (Wildman–Crippen LogP) is 2.09. The molecule has 1 aromatic carbocycles. The van der Waals surface area contributed by atoms with E-state index in [1.165, 1.54) is 12.1 Å². The van der Waals surface area contributed by atoms with Crippen molar-refractivity contribution in [1.82, 2.24) is 0 Å². The maximum absolute atomic E-state index is 12.3. The predicted molar refractivity (Wildman–Crippen MR) is 56.9 cm³/mol. The highest BCUT2D eigenvalue weighted by Gasteiger charge is 2.30. The first-order chi connectivity index (χ1) is 7.36. The second-order valence-electron chi connectivity index (χ2n) is 3.81. The molecule has 0 fully saturated rings. The molecular formula is C11H15F3N2. The minimum Gasteiger partial charge on any atom is -0.329 e. The third-order valence-electron chi connectivity index (χ3n) is 2.68. The summed E-state index contributed by atoms with van der Waals surface area (Å²) >= 11 is 0. The molecule has 4 N–H and O–H groups in total. The standard InChI is InChI=1S/C11H15F3N2/c1-7(10(16)6-15)8-2-4-9(5-3-8)11(12,13)14/h2-5,7,10H,6,15-16H2,1H3. The summed E-state index contributed by atoms with van der Waals surface area (Å²) in [4.78, 5) is 0. The molecule has 0 bridgehead atoms. The van der Waals surface area contributed by atoms with Crippen LogP contribution >= 0.6 is 0 Å². The Morgan fingerprint density at radius 2 is 1.69 bits per heavy atom. The number of hydrogen-bond acceptors (Lipinski definition) is 2. The Hall–Kier alpha value is -1.07. The Balaban J connectivity index is 2.87. The molecule has 0 amide bonds. The van der Waals surface area contributed by atoms with Gasteiger partial charge in [-0.25, -0.2) is 0 Å². The maximum Gasteiger partial charge on any atom is 0.416 e. The average Bonchev–Trinajstić information content (AvgIpc) is 2.26. The van der Waals surface area contributed by atoms with E-state index in [9.17, 15) is 13.2 Å². The molecule has 16 heavy (non-hydrogen) atoms. The van der Waals surface area contributed by atoms with Crippen LogP contribution in [-0.2, 0) is 6.18 Å². The number of nitrogens with two attached hydrogens (primary N) is 2. The first-order valence-electron chi connectivity index (χ1n) is 4.99. The summed E-state index contributed by atoms with van der Waals surface area (Å²) in [5, 5.41) is 0. The third kappa shape index (κ3) is 2.96. The van der Waals surface area contributed by atoms with Crippen molar-refractivity contribution in [3.63, 3.8) is 0 Å². The zero-order valence-electron chi connectivity index (χ0n) is 8.96. The summed E-state index contributed by atoms with van der Waals surface area (Å²) in [5.41, 5.74) is 11.3. The van der Waals surface area contributed by atoms with Crippen molar-refractivity contribution in [2.45, 2.75) is 25.1 Å². The molecule has 0 heterocycles. The van der Waals surface area contributed by atoms with Gasteiger partial charge < -0.3 is 11.5 Å². The first kappa shape index (κ1) is 13.0. The lowest BCUT2D eigenvalue weighted by Gasteiger charge is -2.19. The molecule has 90 valence electrons. The van der Waals surface area contributed by atoms with E-state index >= 15 is 0 Å². The largest absolute Gasteiger partial charge is 0.416 e. The lowest BCUT2D eigenvalue weighted by molar-refractivity contribution is -0.137. The summed E-state index contributed by atoms with van der Waals surface area (Å²) in [6.45, 7) is 2.16. The quantitative estimate of drug-likeness (QED) is 0.838. The molecule has 0 aliphatic heterocycles. The van der Waals surface area contributed by atoms with Gasteiger partial charge in [-0.05, 0) is 23.6 Å². The SMILES string of the molecule is CC(c1ccc(C(F)(F)F)cc1)C(N)CN. The van der Waals surface area contributed by atoms with Crippen LogP contribution < -0.4 is 11.5 Å². The molecule has 0 saturated heterocycles. The van der Waals surface area contributed by atoms with Crippen LogP contribution in [0, 0.1) is 0 Å². The van der Waals surface area contributed by atoms with E-state index in [1.807, 2.05) is 6.92 Å². The van der Waals surface area contributed by atoms with Crippen molar-refractivity contribution >= 4 is 0 Å². The van der Waals surface area contributed by atoms with E-state index in [-0.39, 0.29) is 12.0 Å². The van der Waals surface area contributed by atoms with Crippen LogP contribution in [0.5, 0.6) is 0 Å². The topological polar surface area (TPSA) is 52.0 Å². The minimum absolute atomic E-state index is 0.0488. The fraction of sp³-hybridized carbons (Fsp3) is 0.455. The first-order valence-corrected chi connectivity index (χ1v) is 4.99. The van der Waals surface area contributed by atoms with E-state index in [0.717, 1.165) is 17.7 Å². The molecule has 0 saturated carbocycles. The van der Waals surface area contributed by atoms with Crippen LogP contribution in [0.1, 0.15) is 24.0 Å². The zero-order chi connectivity index (χ0) is 12.3. The molecule has 0 radical (unpaired) electrons. The van der Waals surface area contributed by atoms with Crippen molar-refractivity contribution in [1.29, 1.82) is 0 Å². The van der Waals surface area contributed by atoms with Gasteiger partial charge >= 0.3 is 6.18 Å². The fourth-order valence-corrected chi connectivity index (χ4v) is 1.43. The average molecular weight is 232 g/mol. The van der Waals surface area contributed by atoms with Crippen molar-refractivity contribution in [3.05, 3.63) is 35.4 Å². The molecule has 2 unspecified atom stereocenters. The number of alkyl halides is 3. The normalized spacial score (nSPS) is 15.9. The Morgan fingerprint density at radius 1 is 1.19 bits per heavy atom. The van der Waals surface area contributed by atoms with Crippen LogP contribution in [0.4, 0.5) is 13.2 Å². The highest BCUT2D eigenvalue weighted by molar-refractivity contribution is 5.27.